The third kappa shape index (κ3) is 6.63. The maximum absolute atomic E-state index is 9.44. The Bertz CT molecular complexity index is 172. The second-order valence-electron chi connectivity index (χ2n) is 4.71. The smallest absolute Gasteiger partial charge is 0.106 e. The first-order valence-electron chi connectivity index (χ1n) is 6.51. The number of hydrogen-bond acceptors (Lipinski definition) is 6. The molecule has 0 aliphatic carbocycles. The van der Waals surface area contributed by atoms with Gasteiger partial charge in [-0.3, -0.25) is 9.80 Å². The second-order valence-corrected chi connectivity index (χ2v) is 4.71. The lowest BCUT2D eigenvalue weighted by Gasteiger charge is -2.30. The average molecular weight is 264 g/mol. The highest BCUT2D eigenvalue weighted by molar-refractivity contribution is 4.63. The summed E-state index contributed by atoms with van der Waals surface area (Å²) in [4.78, 5) is 3.16. The van der Waals surface area contributed by atoms with Gasteiger partial charge in [-0.25, -0.2) is 0 Å². The van der Waals surface area contributed by atoms with E-state index in [1.807, 2.05) is 0 Å². The fourth-order valence-corrected chi connectivity index (χ4v) is 1.96. The summed E-state index contributed by atoms with van der Waals surface area (Å²) < 4.78 is 0. The van der Waals surface area contributed by atoms with Crippen LogP contribution in [0.3, 0.4) is 0 Å². The molecule has 0 aromatic heterocycles. The van der Waals surface area contributed by atoms with Crippen molar-refractivity contribution in [3.8, 4) is 0 Å². The molecule has 18 heavy (non-hydrogen) atoms. The van der Waals surface area contributed by atoms with E-state index in [4.69, 9.17) is 0 Å². The Morgan fingerprint density at radius 2 is 0.833 bits per heavy atom. The summed E-state index contributed by atoms with van der Waals surface area (Å²) in [5.74, 6) is 0. The molecule has 0 rings (SSSR count). The minimum Gasteiger partial charge on any atom is -0.379 e. The largest absolute Gasteiger partial charge is 0.379 e. The van der Waals surface area contributed by atoms with Crippen molar-refractivity contribution in [2.24, 2.45) is 0 Å². The van der Waals surface area contributed by atoms with E-state index in [0.717, 1.165) is 12.8 Å². The van der Waals surface area contributed by atoms with Crippen LogP contribution >= 0.6 is 0 Å². The van der Waals surface area contributed by atoms with E-state index < -0.39 is 24.9 Å². The molecular weight excluding hydrogens is 236 g/mol. The molecule has 0 aromatic rings. The molecular formula is C12H28N2O4. The molecule has 0 amide bonds. The van der Waals surface area contributed by atoms with Gasteiger partial charge in [0.15, 0.2) is 0 Å². The third-order valence-electron chi connectivity index (χ3n) is 3.00. The third-order valence-corrected chi connectivity index (χ3v) is 3.00. The van der Waals surface area contributed by atoms with Crippen LogP contribution in [0, 0.1) is 0 Å². The SMILES string of the molecule is CC(O)N(CCCCN(C(C)O)C(C)O)C(C)O. The first-order valence-corrected chi connectivity index (χ1v) is 6.51. The van der Waals surface area contributed by atoms with Gasteiger partial charge in [0.2, 0.25) is 0 Å². The molecule has 0 bridgehead atoms. The quantitative estimate of drug-likeness (QED) is 0.338. The van der Waals surface area contributed by atoms with Gasteiger partial charge < -0.3 is 20.4 Å². The number of nitrogens with zero attached hydrogens (tertiary/aromatic N) is 2. The van der Waals surface area contributed by atoms with E-state index >= 15 is 0 Å². The van der Waals surface area contributed by atoms with Crippen LogP contribution in [0.5, 0.6) is 0 Å². The van der Waals surface area contributed by atoms with Crippen molar-refractivity contribution in [3.63, 3.8) is 0 Å². The zero-order valence-electron chi connectivity index (χ0n) is 11.8. The summed E-state index contributed by atoms with van der Waals surface area (Å²) in [5.41, 5.74) is 0. The number of aliphatic hydroxyl groups is 4. The van der Waals surface area contributed by atoms with Gasteiger partial charge in [-0.2, -0.15) is 0 Å². The van der Waals surface area contributed by atoms with Crippen LogP contribution < -0.4 is 0 Å². The van der Waals surface area contributed by atoms with Crippen molar-refractivity contribution in [1.82, 2.24) is 9.80 Å². The summed E-state index contributed by atoms with van der Waals surface area (Å²) in [6.45, 7) is 7.61. The summed E-state index contributed by atoms with van der Waals surface area (Å²) in [6, 6.07) is 0. The first-order chi connectivity index (χ1) is 8.27. The molecule has 4 N–H and O–H groups in total. The zero-order chi connectivity index (χ0) is 14.3. The minimum absolute atomic E-state index is 0.572. The Morgan fingerprint density at radius 1 is 0.611 bits per heavy atom. The average Bonchev–Trinajstić information content (AvgIpc) is 2.20. The summed E-state index contributed by atoms with van der Waals surface area (Å²) >= 11 is 0. The van der Waals surface area contributed by atoms with Crippen molar-refractivity contribution in [2.75, 3.05) is 13.1 Å². The highest BCUT2D eigenvalue weighted by Crippen LogP contribution is 2.07. The van der Waals surface area contributed by atoms with Crippen LogP contribution in [0.25, 0.3) is 0 Å². The lowest BCUT2D eigenvalue weighted by atomic mass is 10.2. The van der Waals surface area contributed by atoms with Crippen molar-refractivity contribution in [3.05, 3.63) is 0 Å². The molecule has 4 unspecified atom stereocenters. The number of aliphatic hydroxyl groups excluding tert-OH is 4. The monoisotopic (exact) mass is 264 g/mol. The van der Waals surface area contributed by atoms with Crippen molar-refractivity contribution >= 4 is 0 Å². The maximum Gasteiger partial charge on any atom is 0.106 e. The minimum atomic E-state index is -0.686. The Balaban J connectivity index is 3.96. The molecule has 6 heteroatoms. The normalized spacial score (nSPS) is 19.0. The van der Waals surface area contributed by atoms with Crippen LogP contribution in [0.2, 0.25) is 0 Å². The van der Waals surface area contributed by atoms with Gasteiger partial charge in [0.25, 0.3) is 0 Å². The molecule has 6 nitrogen and oxygen atoms in total. The second kappa shape index (κ2) is 8.79. The zero-order valence-corrected chi connectivity index (χ0v) is 11.8. The van der Waals surface area contributed by atoms with Gasteiger partial charge in [-0.15, -0.1) is 0 Å². The van der Waals surface area contributed by atoms with E-state index in [-0.39, 0.29) is 0 Å². The molecule has 0 saturated carbocycles. The van der Waals surface area contributed by atoms with Crippen LogP contribution in [0.4, 0.5) is 0 Å². The predicted molar refractivity (Wildman–Crippen MR) is 69.4 cm³/mol. The van der Waals surface area contributed by atoms with Gasteiger partial charge in [0.1, 0.15) is 24.9 Å². The fraction of sp³-hybridized carbons (Fsp3) is 1.00. The summed E-state index contributed by atoms with van der Waals surface area (Å²) in [5, 5.41) is 37.8. The highest BCUT2D eigenvalue weighted by atomic mass is 16.3. The number of hydrogen-bond donors (Lipinski definition) is 4. The van der Waals surface area contributed by atoms with Gasteiger partial charge >= 0.3 is 0 Å². The number of rotatable bonds is 9. The van der Waals surface area contributed by atoms with E-state index in [2.05, 4.69) is 0 Å². The maximum atomic E-state index is 9.44. The van der Waals surface area contributed by atoms with Gasteiger partial charge in [0, 0.05) is 13.1 Å². The Labute approximate surface area is 109 Å². The molecule has 0 aliphatic heterocycles. The van der Waals surface area contributed by atoms with E-state index in [1.165, 1.54) is 0 Å². The lowest BCUT2D eigenvalue weighted by molar-refractivity contribution is -0.0926. The highest BCUT2D eigenvalue weighted by Gasteiger charge is 2.17. The van der Waals surface area contributed by atoms with Crippen molar-refractivity contribution < 1.29 is 20.4 Å². The van der Waals surface area contributed by atoms with E-state index in [0.29, 0.717) is 13.1 Å². The molecule has 110 valence electrons. The summed E-state index contributed by atoms with van der Waals surface area (Å²) in [6.07, 6.45) is -1.20. The van der Waals surface area contributed by atoms with Crippen molar-refractivity contribution in [2.45, 2.75) is 65.4 Å². The van der Waals surface area contributed by atoms with Crippen LogP contribution in [-0.2, 0) is 0 Å². The molecule has 0 heterocycles. The van der Waals surface area contributed by atoms with Crippen molar-refractivity contribution in [1.29, 1.82) is 0 Å². The standard InChI is InChI=1S/C12H28N2O4/c1-9(15)13(10(2)16)7-5-6-8-14(11(3)17)12(4)18/h9-12,15-18H,5-8H2,1-4H3. The Hall–Kier alpha value is -0.240. The van der Waals surface area contributed by atoms with Gasteiger partial charge in [0.05, 0.1) is 0 Å². The number of unbranched alkanes of at least 4 members (excludes halogenated alkanes) is 1. The van der Waals surface area contributed by atoms with Gasteiger partial charge in [-0.05, 0) is 40.5 Å². The predicted octanol–water partition coefficient (Wildman–Crippen LogP) is -0.276. The molecule has 4 atom stereocenters. The molecule has 0 aromatic carbocycles. The van der Waals surface area contributed by atoms with Crippen LogP contribution in [0.1, 0.15) is 40.5 Å². The summed E-state index contributed by atoms with van der Waals surface area (Å²) in [7, 11) is 0. The molecule has 0 spiro atoms. The Morgan fingerprint density at radius 3 is 1.00 bits per heavy atom. The fourth-order valence-electron chi connectivity index (χ4n) is 1.96. The molecule has 0 saturated heterocycles. The molecule has 0 fully saturated rings. The Kier molecular flexibility index (Phi) is 8.67. The first kappa shape index (κ1) is 17.8. The van der Waals surface area contributed by atoms with E-state index in [1.54, 1.807) is 37.5 Å². The topological polar surface area (TPSA) is 87.4 Å². The van der Waals surface area contributed by atoms with Crippen LogP contribution in [-0.4, -0.2) is 68.2 Å². The van der Waals surface area contributed by atoms with Crippen LogP contribution in [0.15, 0.2) is 0 Å². The molecule has 0 aliphatic rings. The van der Waals surface area contributed by atoms with E-state index in [9.17, 15) is 20.4 Å². The van der Waals surface area contributed by atoms with Gasteiger partial charge in [-0.1, -0.05) is 0 Å². The molecule has 0 radical (unpaired) electrons. The lowest BCUT2D eigenvalue weighted by Crippen LogP contribution is -2.42.